The van der Waals surface area contributed by atoms with Crippen LogP contribution in [0.5, 0.6) is 0 Å². The normalized spacial score (nSPS) is 9.64. The summed E-state index contributed by atoms with van der Waals surface area (Å²) < 4.78 is 0. The van der Waals surface area contributed by atoms with Gasteiger partial charge >= 0.3 is 102 Å². The summed E-state index contributed by atoms with van der Waals surface area (Å²) in [5, 5.41) is 134. The molecule has 2 heterocycles. The summed E-state index contributed by atoms with van der Waals surface area (Å²) in [5.74, 6) is -11.0. The summed E-state index contributed by atoms with van der Waals surface area (Å²) in [6, 6.07) is 7.01. The average molecular weight is 1870 g/mol. The minimum absolute atomic E-state index is 0. The topological polar surface area (TPSA) is 704 Å². The molecule has 0 saturated heterocycles. The third-order valence-corrected chi connectivity index (χ3v) is 8.68. The summed E-state index contributed by atoms with van der Waals surface area (Å²) in [5.41, 5.74) is -8.33. The van der Waals surface area contributed by atoms with E-state index in [1.165, 1.54) is 13.8 Å². The van der Waals surface area contributed by atoms with Crippen LogP contribution in [0.1, 0.15) is 263 Å². The molecule has 112 heavy (non-hydrogen) atoms. The van der Waals surface area contributed by atoms with E-state index in [4.69, 9.17) is 10.5 Å². The van der Waals surface area contributed by atoms with E-state index in [0.29, 0.717) is 11.6 Å². The first-order valence-corrected chi connectivity index (χ1v) is 30.9. The third-order valence-electron chi connectivity index (χ3n) is 8.68. The molecule has 40 heteroatoms. The molecule has 0 aliphatic carbocycles. The van der Waals surface area contributed by atoms with Crippen molar-refractivity contribution in [2.75, 3.05) is 0 Å². The molecular weight excluding hydrogens is 1740 g/mol. The standard InChI is InChI=1S/C8H6N4.12C5H10O2.2C2H3N.2Co.4Fe.2H2O.2O/c1-3-9-7(10-4-1)8-11-5-2-6-12-8;12*1-5(2,3)4(6)7;2*1-2-3;;;;;;;;;;/h1-6H;12*1-3H3,(H,6,7);2*1H3;;;;;;;2*1H2;;/q;;;;;;;;;;;;;;;+2;+3;+2;3*+3;;;2*-2/p-10. The van der Waals surface area contributed by atoms with Crippen LogP contribution in [0.2, 0.25) is 0 Å². The molecular formula is C72H126Co2Fe4N6O28+2. The van der Waals surface area contributed by atoms with Gasteiger partial charge in [0, 0.05) is 175 Å². The quantitative estimate of drug-likeness (QED) is 0.207. The maximum absolute atomic E-state index is 9.91. The Morgan fingerprint density at radius 1 is 0.250 bits per heavy atom. The van der Waals surface area contributed by atoms with E-state index in [1.807, 2.05) is 0 Å². The molecule has 0 aliphatic rings. The molecule has 0 aliphatic heterocycles. The predicted molar refractivity (Wildman–Crippen MR) is 370 cm³/mol. The van der Waals surface area contributed by atoms with Crippen molar-refractivity contribution in [3.05, 3.63) is 36.9 Å². The van der Waals surface area contributed by atoms with E-state index in [2.05, 4.69) is 19.9 Å². The Balaban J connectivity index is -0.0000000361. The van der Waals surface area contributed by atoms with E-state index in [1.54, 1.807) is 298 Å². The largest absolute Gasteiger partial charge is 3.00 e. The Labute approximate surface area is 728 Å². The van der Waals surface area contributed by atoms with Crippen LogP contribution in [0, 0.1) is 87.6 Å². The van der Waals surface area contributed by atoms with Gasteiger partial charge in [-0.15, -0.1) is 0 Å². The Hall–Kier alpha value is -6.29. The molecule has 660 valence electrons. The van der Waals surface area contributed by atoms with Crippen molar-refractivity contribution in [2.24, 2.45) is 65.0 Å². The van der Waals surface area contributed by atoms with Crippen molar-refractivity contribution in [3.63, 3.8) is 0 Å². The van der Waals surface area contributed by atoms with Crippen molar-refractivity contribution in [1.29, 1.82) is 10.5 Å². The Bertz CT molecular complexity index is 2290. The number of rotatable bonds is 1. The molecule has 0 bridgehead atoms. The number of carboxylic acids is 12. The van der Waals surface area contributed by atoms with E-state index in [-0.39, 0.29) is 124 Å². The SMILES string of the molecule is CC#N.CC#N.CC(C)(C)C(=O)[O-].CC(C)(C)C(=O)[O-].CC(C)(C)C(=O)[O-].CC(C)(C)C(=O)[O-].CC(C)(C)C(=O)[O-].CC(C)(C)C(=O)[O-].CC(C)(C)C(=O)[O-].CC(C)(C)C(=O)[O-].CC(C)(C)C(=O)[O-].CC(C)(C)C(=O)[O-].CC(C)(C)C(=O)[O-].CC(C)(C)C(=O)[O-].[Co+2].[Co+3].[Fe+2].[Fe+3].[Fe+3].[Fe+3].[O-2].[O-2].[OH3+].[OH3+].c1cnc(-c2ncccn2)nc1. The zero-order valence-corrected chi connectivity index (χ0v) is 78.5. The zero-order chi connectivity index (χ0) is 86.6. The number of hydrogen-bond acceptors (Lipinski definition) is 30. The van der Waals surface area contributed by atoms with Crippen LogP contribution in [-0.2, 0) is 181 Å². The second-order valence-electron chi connectivity index (χ2n) is 33.0. The van der Waals surface area contributed by atoms with Gasteiger partial charge in [-0.2, -0.15) is 10.5 Å². The van der Waals surface area contributed by atoms with Gasteiger partial charge in [-0.05, 0) is 12.1 Å². The predicted octanol–water partition coefficient (Wildman–Crippen LogP) is -2.71. The molecule has 0 saturated carbocycles. The number of nitriles is 2. The molecule has 6 N–H and O–H groups in total. The van der Waals surface area contributed by atoms with Gasteiger partial charge in [0.25, 0.3) is 0 Å². The van der Waals surface area contributed by atoms with Crippen LogP contribution in [0.25, 0.3) is 11.6 Å². The van der Waals surface area contributed by atoms with Crippen LogP contribution in [0.4, 0.5) is 0 Å². The fraction of sp³-hybridized carbons (Fsp3) is 0.694. The fourth-order valence-electron chi connectivity index (χ4n) is 0.829. The maximum Gasteiger partial charge on any atom is 3.00 e. The van der Waals surface area contributed by atoms with Gasteiger partial charge < -0.3 is 141 Å². The van der Waals surface area contributed by atoms with Gasteiger partial charge in [0.1, 0.15) is 0 Å². The third kappa shape index (κ3) is 149. The number of carbonyl (C=O) groups excluding carboxylic acids is 12. The van der Waals surface area contributed by atoms with Gasteiger partial charge in [-0.3, -0.25) is 0 Å². The minimum atomic E-state index is -1.01. The first-order chi connectivity index (χ1) is 44.1. The molecule has 0 unspecified atom stereocenters. The molecule has 2 aromatic heterocycles. The number of carboxylic acid groups (broad SMARTS) is 12. The number of hydrogen-bond donors (Lipinski definition) is 0. The molecule has 34 nitrogen and oxygen atoms in total. The number of aromatic nitrogens is 4. The average Bonchev–Trinajstić information content (AvgIpc) is 3.38. The minimum Gasteiger partial charge on any atom is -2.00 e. The van der Waals surface area contributed by atoms with Gasteiger partial charge in [0.2, 0.25) is 0 Å². The van der Waals surface area contributed by atoms with E-state index >= 15 is 0 Å². The first-order valence-electron chi connectivity index (χ1n) is 30.9. The summed E-state index contributed by atoms with van der Waals surface area (Å²) >= 11 is 0. The van der Waals surface area contributed by atoms with Crippen LogP contribution in [0.3, 0.4) is 0 Å². The molecule has 2 rings (SSSR count). The Morgan fingerprint density at radius 2 is 0.295 bits per heavy atom. The Kier molecular flexibility index (Phi) is 119. The number of nitrogens with zero attached hydrogens (tertiary/aromatic N) is 6. The van der Waals surface area contributed by atoms with E-state index in [0.717, 1.165) is 0 Å². The van der Waals surface area contributed by atoms with Crippen molar-refractivity contribution in [3.8, 4) is 23.8 Å². The molecule has 0 atom stereocenters. The van der Waals surface area contributed by atoms with Crippen LogP contribution in [0.15, 0.2) is 36.9 Å². The van der Waals surface area contributed by atoms with E-state index in [9.17, 15) is 119 Å². The Morgan fingerprint density at radius 3 is 0.330 bits per heavy atom. The first kappa shape index (κ1) is 169. The maximum atomic E-state index is 9.91. The second kappa shape index (κ2) is 78.6. The molecule has 4 radical (unpaired) electrons. The second-order valence-corrected chi connectivity index (χ2v) is 33.0. The number of carbonyl (C=O) groups is 12. The molecule has 2 aromatic rings. The molecule has 0 aromatic carbocycles. The number of aliphatic carboxylic acids is 12. The van der Waals surface area contributed by atoms with Crippen LogP contribution < -0.4 is 61.3 Å². The zero-order valence-electron chi connectivity index (χ0n) is 72.0. The van der Waals surface area contributed by atoms with Gasteiger partial charge in [-0.1, -0.05) is 249 Å². The van der Waals surface area contributed by atoms with E-state index < -0.39 is 137 Å². The fourth-order valence-corrected chi connectivity index (χ4v) is 0.829. The summed E-state index contributed by atoms with van der Waals surface area (Å²) in [4.78, 5) is 135. The van der Waals surface area contributed by atoms with Crippen molar-refractivity contribution >= 4 is 71.6 Å². The molecule has 0 amide bonds. The van der Waals surface area contributed by atoms with Crippen LogP contribution >= 0.6 is 0 Å². The summed E-state index contributed by atoms with van der Waals surface area (Å²) in [7, 11) is 0. The van der Waals surface area contributed by atoms with Gasteiger partial charge in [0.15, 0.2) is 11.6 Å². The smallest absolute Gasteiger partial charge is 2.00 e. The summed E-state index contributed by atoms with van der Waals surface area (Å²) in [6.07, 6.45) is 6.66. The molecule has 0 fully saturated rings. The monoisotopic (exact) mass is 1860 g/mol. The van der Waals surface area contributed by atoms with Crippen LogP contribution in [-0.4, -0.2) is 91.6 Å². The molecule has 0 spiro atoms. The van der Waals surface area contributed by atoms with Gasteiger partial charge in [0.05, 0.1) is 12.1 Å². The van der Waals surface area contributed by atoms with Crippen molar-refractivity contribution < 1.29 is 243 Å². The van der Waals surface area contributed by atoms with Crippen molar-refractivity contribution in [1.82, 2.24) is 19.9 Å². The van der Waals surface area contributed by atoms with Gasteiger partial charge in [-0.25, -0.2) is 19.9 Å². The van der Waals surface area contributed by atoms with Crippen molar-refractivity contribution in [2.45, 2.75) is 263 Å². The summed E-state index contributed by atoms with van der Waals surface area (Å²) in [6.45, 7) is 60.4.